The molecule has 6 aromatic rings. The summed E-state index contributed by atoms with van der Waals surface area (Å²) in [6.07, 6.45) is 0. The van der Waals surface area contributed by atoms with Gasteiger partial charge in [0.25, 0.3) is 0 Å². The van der Waals surface area contributed by atoms with E-state index >= 15 is 0 Å². The zero-order valence-electron chi connectivity index (χ0n) is 19.3. The molecule has 0 heterocycles. The average Bonchev–Trinajstić information content (AvgIpc) is 2.87. The molecule has 194 valence electrons. The molecule has 0 saturated heterocycles. The lowest BCUT2D eigenvalue weighted by molar-refractivity contribution is 1.56. The Kier molecular flexibility index (Phi) is 10.4. The van der Waals surface area contributed by atoms with Crippen molar-refractivity contribution in [3.63, 3.8) is 0 Å². The largest absolute Gasteiger partial charge is 0.0522 e. The van der Waals surface area contributed by atoms with E-state index in [1.807, 2.05) is 0 Å². The first kappa shape index (κ1) is 31.6. The number of benzene rings is 6. The summed E-state index contributed by atoms with van der Waals surface area (Å²) in [5.74, 6) is 0. The molecule has 0 saturated carbocycles. The van der Waals surface area contributed by atoms with E-state index in [1.54, 1.807) is 0 Å². The summed E-state index contributed by atoms with van der Waals surface area (Å²) in [5.41, 5.74) is 5.16. The topological polar surface area (TPSA) is 0 Å². The second-order valence-corrected chi connectivity index (χ2v) is 19.4. The highest BCUT2D eigenvalue weighted by Crippen LogP contribution is 2.43. The van der Waals surface area contributed by atoms with Gasteiger partial charge in [0.15, 0.2) is 0 Å². The van der Waals surface area contributed by atoms with Crippen LogP contribution in [0.1, 0.15) is 0 Å². The van der Waals surface area contributed by atoms with E-state index in [0.717, 1.165) is 0 Å². The Hall–Kier alpha value is 2.67. The monoisotopic (exact) mass is 1510 g/mol. The molecule has 0 aliphatic carbocycles. The Labute approximate surface area is 349 Å². The fraction of sp³-hybridized carbons (Fsp3) is 0. The van der Waals surface area contributed by atoms with E-state index in [1.165, 1.54) is 86.7 Å². The van der Waals surface area contributed by atoms with Crippen molar-refractivity contribution in [2.45, 2.75) is 0 Å². The molecule has 0 spiro atoms. The molecule has 9 heteroatoms. The molecule has 39 heavy (non-hydrogen) atoms. The number of hydrogen-bond donors (Lipinski definition) is 0. The van der Waals surface area contributed by atoms with E-state index in [-0.39, 0.29) is 0 Å². The first-order chi connectivity index (χ1) is 18.5. The zero-order chi connectivity index (χ0) is 27.7. The smallest absolute Gasteiger partial charge is 0.0298 e. The fourth-order valence-corrected chi connectivity index (χ4v) is 13.9. The first-order valence-electron chi connectivity index (χ1n) is 11.3. The van der Waals surface area contributed by atoms with Crippen LogP contribution in [0.2, 0.25) is 0 Å². The third-order valence-electron chi connectivity index (χ3n) is 6.60. The lowest BCUT2D eigenvalue weighted by Gasteiger charge is -2.17. The summed E-state index contributed by atoms with van der Waals surface area (Å²) in [6.45, 7) is 0. The van der Waals surface area contributed by atoms with Crippen LogP contribution in [0.15, 0.2) is 66.7 Å². The lowest BCUT2D eigenvalue weighted by atomic mass is 9.95. The molecular weight excluding hydrogens is 1500 g/mol. The van der Waals surface area contributed by atoms with Crippen molar-refractivity contribution in [2.75, 3.05) is 0 Å². The van der Waals surface area contributed by atoms with Crippen LogP contribution in [0.4, 0.5) is 0 Å². The minimum atomic E-state index is 1.27. The summed E-state index contributed by atoms with van der Waals surface area (Å²) in [6, 6.07) is 25.5. The molecule has 0 bridgehead atoms. The number of hydrogen-bond acceptors (Lipinski definition) is 0. The van der Waals surface area contributed by atoms with Gasteiger partial charge in [-0.25, -0.2) is 0 Å². The van der Waals surface area contributed by atoms with Crippen LogP contribution in [0.5, 0.6) is 0 Å². The molecule has 0 N–H and O–H groups in total. The lowest BCUT2D eigenvalue weighted by Crippen LogP contribution is -1.95. The molecule has 0 aromatic heterocycles. The predicted molar refractivity (Wildman–Crippen MR) is 244 cm³/mol. The Morgan fingerprint density at radius 2 is 0.949 bits per heavy atom. The number of fused-ring (bicyclic) bond motifs is 3. The van der Waals surface area contributed by atoms with Crippen molar-refractivity contribution >= 4 is 236 Å². The van der Waals surface area contributed by atoms with Gasteiger partial charge in [0.2, 0.25) is 0 Å². The quantitative estimate of drug-likeness (QED) is 0.152. The third kappa shape index (κ3) is 6.12. The van der Waals surface area contributed by atoms with Gasteiger partial charge < -0.3 is 0 Å². The SMILES string of the molecule is Ic1cc(I)c2c(I)cc(-c3cc(I)c4cc(-c5cc(I)c6cc(I)ccc6c5I)cc(I)c4c3I)cc2c1. The van der Waals surface area contributed by atoms with Crippen molar-refractivity contribution in [1.29, 1.82) is 0 Å². The molecule has 0 aliphatic rings. The van der Waals surface area contributed by atoms with Crippen LogP contribution in [0.25, 0.3) is 54.6 Å². The standard InChI is InChI=1S/C30H11I9/c31-15-1-2-17-20(8-15)22(33)10-18(29(17)38)13-5-21-23(34)11-19(30(39)28(21)25(36)7-13)12-3-14-4-16(32)9-26(37)27(14)24(35)6-12/h1-11H. The van der Waals surface area contributed by atoms with E-state index in [4.69, 9.17) is 0 Å². The van der Waals surface area contributed by atoms with Crippen molar-refractivity contribution in [2.24, 2.45) is 0 Å². The molecule has 0 amide bonds. The van der Waals surface area contributed by atoms with Gasteiger partial charge in [-0.2, -0.15) is 0 Å². The zero-order valence-corrected chi connectivity index (χ0v) is 38.7. The van der Waals surface area contributed by atoms with Crippen LogP contribution in [0.3, 0.4) is 0 Å². The van der Waals surface area contributed by atoms with Crippen LogP contribution in [-0.4, -0.2) is 0 Å². The molecule has 6 rings (SSSR count). The molecule has 0 aliphatic heterocycles. The van der Waals surface area contributed by atoms with E-state index < -0.39 is 0 Å². The minimum Gasteiger partial charge on any atom is -0.0522 e. The molecule has 0 unspecified atom stereocenters. The van der Waals surface area contributed by atoms with Gasteiger partial charge in [-0.05, 0) is 308 Å². The van der Waals surface area contributed by atoms with E-state index in [2.05, 4.69) is 270 Å². The maximum Gasteiger partial charge on any atom is 0.0298 e. The van der Waals surface area contributed by atoms with Gasteiger partial charge >= 0.3 is 0 Å². The Morgan fingerprint density at radius 1 is 0.359 bits per heavy atom. The van der Waals surface area contributed by atoms with Crippen molar-refractivity contribution in [3.8, 4) is 22.3 Å². The highest BCUT2D eigenvalue weighted by molar-refractivity contribution is 14.1. The highest BCUT2D eigenvalue weighted by Gasteiger charge is 2.19. The molecule has 0 fully saturated rings. The maximum atomic E-state index is 2.57. The normalized spacial score (nSPS) is 11.7. The average molecular weight is 1510 g/mol. The summed E-state index contributed by atoms with van der Waals surface area (Å²) in [7, 11) is 0. The maximum absolute atomic E-state index is 2.57. The van der Waals surface area contributed by atoms with Gasteiger partial charge in [-0.3, -0.25) is 0 Å². The predicted octanol–water partition coefficient (Wildman–Crippen LogP) is 13.9. The van der Waals surface area contributed by atoms with Crippen molar-refractivity contribution < 1.29 is 0 Å². The van der Waals surface area contributed by atoms with Crippen LogP contribution in [-0.2, 0) is 0 Å². The van der Waals surface area contributed by atoms with Gasteiger partial charge in [0, 0.05) is 42.9 Å². The summed E-state index contributed by atoms with van der Waals surface area (Å²) in [4.78, 5) is 0. The van der Waals surface area contributed by atoms with Crippen LogP contribution in [0, 0.1) is 32.1 Å². The van der Waals surface area contributed by atoms with Gasteiger partial charge in [-0.15, -0.1) is 0 Å². The summed E-state index contributed by atoms with van der Waals surface area (Å²) < 4.78 is 11.6. The first-order valence-corrected chi connectivity index (χ1v) is 21.0. The Bertz CT molecular complexity index is 2010. The Balaban J connectivity index is 1.57. The molecular formula is C30H11I9. The summed E-state index contributed by atoms with van der Waals surface area (Å²) in [5, 5.41) is 7.96. The van der Waals surface area contributed by atoms with Gasteiger partial charge in [-0.1, -0.05) is 6.07 Å². The molecule has 0 atom stereocenters. The van der Waals surface area contributed by atoms with E-state index in [9.17, 15) is 0 Å². The number of rotatable bonds is 2. The van der Waals surface area contributed by atoms with E-state index in [0.29, 0.717) is 0 Å². The second-order valence-electron chi connectivity index (χ2n) is 8.95. The molecule has 6 aromatic carbocycles. The second kappa shape index (κ2) is 12.8. The minimum absolute atomic E-state index is 1.27. The Morgan fingerprint density at radius 3 is 1.67 bits per heavy atom. The van der Waals surface area contributed by atoms with Gasteiger partial charge in [0.05, 0.1) is 0 Å². The number of halogens is 9. The fourth-order valence-electron chi connectivity index (χ4n) is 4.85. The van der Waals surface area contributed by atoms with Crippen molar-refractivity contribution in [3.05, 3.63) is 98.9 Å². The molecule has 0 radical (unpaired) electrons. The third-order valence-corrected chi connectivity index (χ3v) is 14.5. The van der Waals surface area contributed by atoms with Crippen LogP contribution >= 0.6 is 203 Å². The van der Waals surface area contributed by atoms with Crippen LogP contribution < -0.4 is 0 Å². The highest BCUT2D eigenvalue weighted by atomic mass is 127. The van der Waals surface area contributed by atoms with Crippen molar-refractivity contribution in [1.82, 2.24) is 0 Å². The molecule has 0 nitrogen and oxygen atoms in total. The summed E-state index contributed by atoms with van der Waals surface area (Å²) >= 11 is 22.5. The van der Waals surface area contributed by atoms with Gasteiger partial charge in [0.1, 0.15) is 0 Å².